The molecule has 3 heteroatoms. The molecule has 1 saturated heterocycles. The number of fused-ring (bicyclic) bond motifs is 1. The van der Waals surface area contributed by atoms with Gasteiger partial charge >= 0.3 is 0 Å². The number of benzene rings is 1. The molecule has 1 fully saturated rings. The molecule has 3 nitrogen and oxygen atoms in total. The molecule has 3 rings (SSSR count). The number of phenolic OH excluding ortho intramolecular Hbond substituents is 1. The first kappa shape index (κ1) is 11.6. The Morgan fingerprint density at radius 3 is 2.72 bits per heavy atom. The lowest BCUT2D eigenvalue weighted by Gasteiger charge is -2.23. The summed E-state index contributed by atoms with van der Waals surface area (Å²) in [4.78, 5) is 0. The van der Waals surface area contributed by atoms with E-state index >= 15 is 0 Å². The SMILES string of the molecule is Cc1c(C2CCNCC2)c2cc(O)ccc2n1C. The molecule has 0 unspecified atom stereocenters. The van der Waals surface area contributed by atoms with Crippen LogP contribution in [0.15, 0.2) is 18.2 Å². The summed E-state index contributed by atoms with van der Waals surface area (Å²) in [6.45, 7) is 4.38. The van der Waals surface area contributed by atoms with E-state index in [1.165, 1.54) is 35.0 Å². The third-order valence-corrected chi connectivity index (χ3v) is 4.27. The van der Waals surface area contributed by atoms with Crippen LogP contribution in [0.4, 0.5) is 0 Å². The molecule has 0 radical (unpaired) electrons. The normalized spacial score (nSPS) is 17.4. The fraction of sp³-hybridized carbons (Fsp3) is 0.467. The van der Waals surface area contributed by atoms with Crippen LogP contribution in [-0.4, -0.2) is 22.8 Å². The van der Waals surface area contributed by atoms with Gasteiger partial charge in [0.05, 0.1) is 0 Å². The Kier molecular flexibility index (Phi) is 2.78. The number of aromatic hydroxyl groups is 1. The van der Waals surface area contributed by atoms with Crippen molar-refractivity contribution in [1.29, 1.82) is 0 Å². The lowest BCUT2D eigenvalue weighted by Crippen LogP contribution is -2.26. The van der Waals surface area contributed by atoms with Crippen molar-refractivity contribution in [2.45, 2.75) is 25.7 Å². The van der Waals surface area contributed by atoms with E-state index in [-0.39, 0.29) is 0 Å². The number of piperidine rings is 1. The highest BCUT2D eigenvalue weighted by molar-refractivity contribution is 5.87. The molecule has 96 valence electrons. The largest absolute Gasteiger partial charge is 0.508 e. The van der Waals surface area contributed by atoms with Crippen LogP contribution in [0.3, 0.4) is 0 Å². The Hall–Kier alpha value is -1.48. The maximum Gasteiger partial charge on any atom is 0.116 e. The van der Waals surface area contributed by atoms with Gasteiger partial charge in [0.1, 0.15) is 5.75 Å². The number of aromatic nitrogens is 1. The summed E-state index contributed by atoms with van der Waals surface area (Å²) in [6, 6.07) is 5.70. The minimum Gasteiger partial charge on any atom is -0.508 e. The van der Waals surface area contributed by atoms with E-state index in [0.717, 1.165) is 13.1 Å². The second-order valence-corrected chi connectivity index (χ2v) is 5.28. The van der Waals surface area contributed by atoms with E-state index in [9.17, 15) is 5.11 Å². The number of nitrogens with zero attached hydrogens (tertiary/aromatic N) is 1. The van der Waals surface area contributed by atoms with Gasteiger partial charge < -0.3 is 15.0 Å². The minimum absolute atomic E-state index is 0.364. The van der Waals surface area contributed by atoms with Gasteiger partial charge in [0.25, 0.3) is 0 Å². The van der Waals surface area contributed by atoms with Crippen molar-refractivity contribution < 1.29 is 5.11 Å². The summed E-state index contributed by atoms with van der Waals surface area (Å²) in [7, 11) is 2.11. The molecule has 0 saturated carbocycles. The molecule has 2 aromatic rings. The number of hydrogen-bond acceptors (Lipinski definition) is 2. The van der Waals surface area contributed by atoms with Crippen molar-refractivity contribution in [1.82, 2.24) is 9.88 Å². The first-order valence-electron chi connectivity index (χ1n) is 6.67. The van der Waals surface area contributed by atoms with E-state index in [1.54, 1.807) is 6.07 Å². The Morgan fingerprint density at radius 1 is 1.28 bits per heavy atom. The van der Waals surface area contributed by atoms with Gasteiger partial charge in [-0.1, -0.05) is 0 Å². The minimum atomic E-state index is 0.364. The molecule has 0 aliphatic carbocycles. The third-order valence-electron chi connectivity index (χ3n) is 4.27. The summed E-state index contributed by atoms with van der Waals surface area (Å²) < 4.78 is 2.24. The first-order chi connectivity index (χ1) is 8.68. The predicted molar refractivity (Wildman–Crippen MR) is 74.2 cm³/mol. The quantitative estimate of drug-likeness (QED) is 0.809. The van der Waals surface area contributed by atoms with Crippen LogP contribution >= 0.6 is 0 Å². The predicted octanol–water partition coefficient (Wildman–Crippen LogP) is 2.66. The number of phenols is 1. The lowest BCUT2D eigenvalue weighted by atomic mass is 9.88. The maximum atomic E-state index is 9.73. The van der Waals surface area contributed by atoms with Crippen molar-refractivity contribution in [3.63, 3.8) is 0 Å². The number of hydrogen-bond donors (Lipinski definition) is 2. The van der Waals surface area contributed by atoms with E-state index in [2.05, 4.69) is 23.9 Å². The fourth-order valence-corrected chi connectivity index (χ4v) is 3.21. The number of nitrogens with one attached hydrogen (secondary N) is 1. The summed E-state index contributed by atoms with van der Waals surface area (Å²) in [5.41, 5.74) is 3.99. The molecular weight excluding hydrogens is 224 g/mol. The van der Waals surface area contributed by atoms with Crippen molar-refractivity contribution in [2.24, 2.45) is 7.05 Å². The Bertz CT molecular complexity index is 580. The molecule has 0 bridgehead atoms. The van der Waals surface area contributed by atoms with Crippen LogP contribution in [0.2, 0.25) is 0 Å². The van der Waals surface area contributed by atoms with Crippen molar-refractivity contribution in [3.8, 4) is 5.75 Å². The monoisotopic (exact) mass is 244 g/mol. The summed E-state index contributed by atoms with van der Waals surface area (Å²) in [5.74, 6) is 0.986. The molecule has 1 aliphatic rings. The average Bonchev–Trinajstić information content (AvgIpc) is 2.63. The Morgan fingerprint density at radius 2 is 2.00 bits per heavy atom. The number of aryl methyl sites for hydroxylation is 1. The Labute approximate surface area is 107 Å². The molecule has 1 aliphatic heterocycles. The average molecular weight is 244 g/mol. The third kappa shape index (κ3) is 1.70. The van der Waals surface area contributed by atoms with Crippen LogP contribution in [0, 0.1) is 6.92 Å². The smallest absolute Gasteiger partial charge is 0.116 e. The molecule has 1 aromatic carbocycles. The molecule has 0 spiro atoms. The van der Waals surface area contributed by atoms with E-state index in [4.69, 9.17) is 0 Å². The van der Waals surface area contributed by atoms with Gasteiger partial charge in [-0.2, -0.15) is 0 Å². The van der Waals surface area contributed by atoms with E-state index in [0.29, 0.717) is 11.7 Å². The van der Waals surface area contributed by atoms with Crippen molar-refractivity contribution in [2.75, 3.05) is 13.1 Å². The molecule has 1 aromatic heterocycles. The van der Waals surface area contributed by atoms with E-state index in [1.807, 2.05) is 12.1 Å². The topological polar surface area (TPSA) is 37.2 Å². The highest BCUT2D eigenvalue weighted by atomic mass is 16.3. The molecule has 18 heavy (non-hydrogen) atoms. The lowest BCUT2D eigenvalue weighted by molar-refractivity contribution is 0.460. The zero-order valence-electron chi connectivity index (χ0n) is 11.0. The van der Waals surface area contributed by atoms with Crippen LogP contribution in [0.5, 0.6) is 5.75 Å². The fourth-order valence-electron chi connectivity index (χ4n) is 3.21. The zero-order valence-corrected chi connectivity index (χ0v) is 11.0. The van der Waals surface area contributed by atoms with Crippen molar-refractivity contribution in [3.05, 3.63) is 29.5 Å². The van der Waals surface area contributed by atoms with Gasteiger partial charge in [-0.15, -0.1) is 0 Å². The number of rotatable bonds is 1. The highest BCUT2D eigenvalue weighted by Crippen LogP contribution is 2.36. The first-order valence-corrected chi connectivity index (χ1v) is 6.67. The standard InChI is InChI=1S/C15H20N2O/c1-10-15(11-5-7-16-8-6-11)13-9-12(18)3-4-14(13)17(10)2/h3-4,9,11,16,18H,5-8H2,1-2H3. The second kappa shape index (κ2) is 4.32. The molecule has 0 amide bonds. The van der Waals surface area contributed by atoms with Gasteiger partial charge in [-0.25, -0.2) is 0 Å². The van der Waals surface area contributed by atoms with E-state index < -0.39 is 0 Å². The van der Waals surface area contributed by atoms with Gasteiger partial charge in [0, 0.05) is 23.6 Å². The maximum absolute atomic E-state index is 9.73. The van der Waals surface area contributed by atoms with Crippen LogP contribution in [-0.2, 0) is 7.05 Å². The molecule has 2 heterocycles. The van der Waals surface area contributed by atoms with Gasteiger partial charge in [-0.05, 0) is 62.5 Å². The van der Waals surface area contributed by atoms with Crippen LogP contribution < -0.4 is 5.32 Å². The molecule has 2 N–H and O–H groups in total. The van der Waals surface area contributed by atoms with Gasteiger partial charge in [0.2, 0.25) is 0 Å². The Balaban J connectivity index is 2.20. The summed E-state index contributed by atoms with van der Waals surface area (Å²) in [6.07, 6.45) is 2.38. The molecule has 0 atom stereocenters. The zero-order chi connectivity index (χ0) is 12.7. The van der Waals surface area contributed by atoms with Gasteiger partial charge in [-0.3, -0.25) is 0 Å². The van der Waals surface area contributed by atoms with Crippen LogP contribution in [0.25, 0.3) is 10.9 Å². The van der Waals surface area contributed by atoms with Crippen molar-refractivity contribution >= 4 is 10.9 Å². The van der Waals surface area contributed by atoms with Crippen LogP contribution in [0.1, 0.15) is 30.0 Å². The second-order valence-electron chi connectivity index (χ2n) is 5.28. The molecular formula is C15H20N2O. The summed E-state index contributed by atoms with van der Waals surface area (Å²) in [5, 5.41) is 14.4. The van der Waals surface area contributed by atoms with Gasteiger partial charge in [0.15, 0.2) is 0 Å². The highest BCUT2D eigenvalue weighted by Gasteiger charge is 2.22. The summed E-state index contributed by atoms with van der Waals surface area (Å²) >= 11 is 0.